The lowest BCUT2D eigenvalue weighted by atomic mass is 10.0. The number of thiazole rings is 1. The van der Waals surface area contributed by atoms with E-state index in [-0.39, 0.29) is 59.7 Å². The van der Waals surface area contributed by atoms with Crippen molar-refractivity contribution < 1.29 is 47.0 Å². The highest BCUT2D eigenvalue weighted by molar-refractivity contribution is 7.91. The molecule has 1 saturated heterocycles. The molecule has 0 spiro atoms. The Morgan fingerprint density at radius 1 is 1.05 bits per heavy atom. The first-order chi connectivity index (χ1) is 27.8. The minimum atomic E-state index is -3.78. The lowest BCUT2D eigenvalue weighted by Gasteiger charge is -2.29. The van der Waals surface area contributed by atoms with E-state index in [2.05, 4.69) is 25.9 Å². The van der Waals surface area contributed by atoms with Crippen LogP contribution in [0, 0.1) is 5.92 Å². The Hall–Kier alpha value is -5.10. The van der Waals surface area contributed by atoms with Gasteiger partial charge in [-0.2, -0.15) is 0 Å². The third-order valence-corrected chi connectivity index (χ3v) is 13.2. The van der Waals surface area contributed by atoms with Gasteiger partial charge in [0.15, 0.2) is 15.0 Å². The van der Waals surface area contributed by atoms with Crippen molar-refractivity contribution in [2.45, 2.75) is 119 Å². The molecule has 16 nitrogen and oxygen atoms in total. The molecule has 2 aliphatic heterocycles. The quantitative estimate of drug-likeness (QED) is 0.210. The van der Waals surface area contributed by atoms with Gasteiger partial charge in [-0.05, 0) is 63.5 Å². The summed E-state index contributed by atoms with van der Waals surface area (Å²) in [5.74, 6) is -2.79. The number of pyridine rings is 1. The Kier molecular flexibility index (Phi) is 12.0. The fraction of sp³-hybridized carbons (Fsp3) is 0.525. The summed E-state index contributed by atoms with van der Waals surface area (Å²) in [6, 6.07) is 4.06. The van der Waals surface area contributed by atoms with Gasteiger partial charge in [-0.15, -0.1) is 11.3 Å². The fourth-order valence-electron chi connectivity index (χ4n) is 8.04. The van der Waals surface area contributed by atoms with Gasteiger partial charge in [-0.3, -0.25) is 14.4 Å². The number of nitrogens with zero attached hydrogens (tertiary/aromatic N) is 3. The zero-order valence-corrected chi connectivity index (χ0v) is 34.0. The molecule has 7 rings (SSSR count). The number of aliphatic carboxylic acids is 1. The maximum atomic E-state index is 14.6. The average Bonchev–Trinajstić information content (AvgIpc) is 3.61. The number of para-hydroxylation sites is 1. The van der Waals surface area contributed by atoms with Crippen LogP contribution in [-0.4, -0.2) is 101 Å². The molecule has 2 aliphatic carbocycles. The molecule has 4 N–H and O–H groups in total. The number of carboxylic acids is 1. The highest BCUT2D eigenvalue weighted by Gasteiger charge is 2.61. The molecule has 0 bridgehead atoms. The number of nitrogens with one attached hydrogen (secondary N) is 3. The molecular formula is C40H48N6O10S2. The summed E-state index contributed by atoms with van der Waals surface area (Å²) >= 11 is 1.17. The van der Waals surface area contributed by atoms with E-state index in [9.17, 15) is 37.5 Å². The van der Waals surface area contributed by atoms with Crippen molar-refractivity contribution in [1.82, 2.24) is 25.5 Å². The number of sulfone groups is 1. The first kappa shape index (κ1) is 41.1. The molecule has 4 aliphatic rings. The van der Waals surface area contributed by atoms with Crippen LogP contribution in [0.25, 0.3) is 22.3 Å². The Labute approximate surface area is 340 Å². The molecule has 18 heteroatoms. The van der Waals surface area contributed by atoms with E-state index in [0.717, 1.165) is 44.8 Å². The monoisotopic (exact) mass is 836 g/mol. The highest BCUT2D eigenvalue weighted by atomic mass is 32.2. The second-order valence-electron chi connectivity index (χ2n) is 15.5. The molecule has 0 unspecified atom stereocenters. The van der Waals surface area contributed by atoms with Crippen molar-refractivity contribution >= 4 is 67.0 Å². The van der Waals surface area contributed by atoms with E-state index in [1.807, 2.05) is 12.2 Å². The smallest absolute Gasteiger partial charge is 0.408 e. The number of carbonyl (C=O) groups is 5. The number of benzene rings is 1. The van der Waals surface area contributed by atoms with E-state index in [1.54, 1.807) is 30.5 Å². The van der Waals surface area contributed by atoms with Crippen molar-refractivity contribution in [2.24, 2.45) is 5.92 Å². The summed E-state index contributed by atoms with van der Waals surface area (Å²) in [5, 5.41) is 20.9. The topological polar surface area (TPSA) is 223 Å². The van der Waals surface area contributed by atoms with Crippen molar-refractivity contribution in [3.63, 3.8) is 0 Å². The molecule has 0 radical (unpaired) electrons. The first-order valence-corrected chi connectivity index (χ1v) is 22.6. The summed E-state index contributed by atoms with van der Waals surface area (Å²) in [5.41, 5.74) is -0.793. The number of allylic oxidation sites excluding steroid dienone is 1. The van der Waals surface area contributed by atoms with Gasteiger partial charge in [0, 0.05) is 41.8 Å². The zero-order chi connectivity index (χ0) is 41.2. The normalized spacial score (nSPS) is 26.1. The molecular weight excluding hydrogens is 789 g/mol. The maximum absolute atomic E-state index is 14.6. The van der Waals surface area contributed by atoms with E-state index in [4.69, 9.17) is 9.47 Å². The van der Waals surface area contributed by atoms with E-state index < -0.39 is 63.4 Å². The maximum Gasteiger partial charge on any atom is 0.408 e. The molecule has 58 heavy (non-hydrogen) atoms. The van der Waals surface area contributed by atoms with Gasteiger partial charge in [0.05, 0.1) is 22.7 Å². The third kappa shape index (κ3) is 8.97. The standard InChI is InChI=1S/C40H48N6O10S2/c1-3-33(47)44-38-42-29(22-57-38)28-19-31(26-15-11-17-32(34(26)41-28)58(2,53)54)55-25-18-30-35(48)45-40(37(50)51)20-23(40)12-7-5-4-6-8-16-27(36(49)46(30)21-25)43-39(52)56-24-13-9-10-14-24/h7,11-12,15,17,19,22-25,27,30H,3-6,8-10,13-14,16,18,20-21H2,1-2H3,(H,43,52)(H,45,48)(H,50,51)(H,42,44,47)/b12-7-/t23-,25+,27-,30-,40+/m0/s1. The third-order valence-electron chi connectivity index (χ3n) is 11.3. The number of amides is 4. The van der Waals surface area contributed by atoms with Gasteiger partial charge >= 0.3 is 12.1 Å². The van der Waals surface area contributed by atoms with Crippen molar-refractivity contribution in [3.8, 4) is 17.1 Å². The SMILES string of the molecule is CCC(=O)Nc1nc(-c2cc(O[C@@H]3C[C@H]4C(=O)N[C@]5(C(=O)O)C[C@@H]5/C=C\CCCCC[C@H](NC(=O)OC5CCCC5)C(=O)N4C3)c3cccc(S(C)(=O)=O)c3n2)cs1. The van der Waals surface area contributed by atoms with Gasteiger partial charge in [-0.1, -0.05) is 38.0 Å². The van der Waals surface area contributed by atoms with E-state index in [1.165, 1.54) is 22.3 Å². The van der Waals surface area contributed by atoms with Crippen LogP contribution >= 0.6 is 11.3 Å². The molecule has 3 aromatic rings. The number of fused-ring (bicyclic) bond motifs is 3. The van der Waals surface area contributed by atoms with Crippen LogP contribution in [0.5, 0.6) is 5.75 Å². The average molecular weight is 837 g/mol. The number of ether oxygens (including phenoxy) is 2. The minimum absolute atomic E-state index is 0.0398. The van der Waals surface area contributed by atoms with Gasteiger partial charge in [-0.25, -0.2) is 28.0 Å². The lowest BCUT2D eigenvalue weighted by Crippen LogP contribution is -2.56. The highest BCUT2D eigenvalue weighted by Crippen LogP contribution is 2.45. The van der Waals surface area contributed by atoms with Crippen LogP contribution in [0.4, 0.5) is 9.93 Å². The Balaban J connectivity index is 1.23. The van der Waals surface area contributed by atoms with Crippen LogP contribution in [0.15, 0.2) is 46.7 Å². The van der Waals surface area contributed by atoms with Gasteiger partial charge in [0.2, 0.25) is 17.7 Å². The summed E-state index contributed by atoms with van der Waals surface area (Å²) in [6.45, 7) is 1.61. The molecule has 4 amide bonds. The van der Waals surface area contributed by atoms with Crippen LogP contribution in [-0.2, 0) is 33.8 Å². The first-order valence-electron chi connectivity index (χ1n) is 19.8. The largest absolute Gasteiger partial charge is 0.488 e. The summed E-state index contributed by atoms with van der Waals surface area (Å²) in [7, 11) is -3.78. The second kappa shape index (κ2) is 17.0. The van der Waals surface area contributed by atoms with E-state index in [0.29, 0.717) is 35.5 Å². The molecule has 3 fully saturated rings. The van der Waals surface area contributed by atoms with Gasteiger partial charge < -0.3 is 35.4 Å². The molecule has 2 aromatic heterocycles. The van der Waals surface area contributed by atoms with Crippen LogP contribution in [0.1, 0.15) is 84.0 Å². The number of hydrogen-bond donors (Lipinski definition) is 4. The number of carboxylic acid groups (broad SMARTS) is 1. The molecule has 5 atom stereocenters. The van der Waals surface area contributed by atoms with Crippen molar-refractivity contribution in [3.05, 3.63) is 41.8 Å². The zero-order valence-electron chi connectivity index (χ0n) is 32.4. The summed E-state index contributed by atoms with van der Waals surface area (Å²) in [6.07, 6.45) is 10.0. The second-order valence-corrected chi connectivity index (χ2v) is 18.3. The number of hydrogen-bond acceptors (Lipinski definition) is 12. The lowest BCUT2D eigenvalue weighted by molar-refractivity contribution is -0.145. The molecule has 4 heterocycles. The Morgan fingerprint density at radius 3 is 2.57 bits per heavy atom. The summed E-state index contributed by atoms with van der Waals surface area (Å²) in [4.78, 5) is 77.1. The van der Waals surface area contributed by atoms with Crippen LogP contribution in [0.3, 0.4) is 0 Å². The fourth-order valence-corrected chi connectivity index (χ4v) is 9.59. The Morgan fingerprint density at radius 2 is 1.83 bits per heavy atom. The summed E-state index contributed by atoms with van der Waals surface area (Å²) < 4.78 is 38.2. The number of carbonyl (C=O) groups excluding carboxylic acids is 4. The molecule has 310 valence electrons. The minimum Gasteiger partial charge on any atom is -0.488 e. The number of rotatable bonds is 9. The van der Waals surface area contributed by atoms with Crippen molar-refractivity contribution in [2.75, 3.05) is 18.1 Å². The van der Waals surface area contributed by atoms with Crippen LogP contribution < -0.4 is 20.7 Å². The predicted molar refractivity (Wildman–Crippen MR) is 214 cm³/mol. The van der Waals surface area contributed by atoms with Crippen molar-refractivity contribution in [1.29, 1.82) is 0 Å². The number of anilines is 1. The van der Waals surface area contributed by atoms with Gasteiger partial charge in [0.1, 0.15) is 41.3 Å². The predicted octanol–water partition coefficient (Wildman–Crippen LogP) is 4.98. The van der Waals surface area contributed by atoms with Crippen LogP contribution in [0.2, 0.25) is 0 Å². The molecule has 2 saturated carbocycles. The van der Waals surface area contributed by atoms with E-state index >= 15 is 0 Å². The molecule has 1 aromatic carbocycles. The number of aromatic nitrogens is 2. The Bertz CT molecular complexity index is 2240. The number of alkyl carbamates (subject to hydrolysis) is 1. The van der Waals surface area contributed by atoms with Gasteiger partial charge in [0.25, 0.3) is 0 Å².